The zero-order chi connectivity index (χ0) is 10.2. The molecule has 0 aromatic rings. The molecule has 1 spiro atoms. The van der Waals surface area contributed by atoms with Gasteiger partial charge in [0.15, 0.2) is 0 Å². The monoisotopic (exact) mass is 195 g/mol. The van der Waals surface area contributed by atoms with Gasteiger partial charge in [0, 0.05) is 13.1 Å². The maximum absolute atomic E-state index is 6.15. The molecular weight excluding hydrogens is 174 g/mol. The molecule has 0 amide bonds. The molecule has 2 nitrogen and oxygen atoms in total. The lowest BCUT2D eigenvalue weighted by atomic mass is 9.87. The number of rotatable bonds is 0. The lowest BCUT2D eigenvalue weighted by Crippen LogP contribution is -2.42. The summed E-state index contributed by atoms with van der Waals surface area (Å²) in [5, 5.41) is 0. The Hall–Kier alpha value is -0.340. The van der Waals surface area contributed by atoms with Crippen LogP contribution >= 0.6 is 0 Å². The number of allylic oxidation sites excluding steroid dienone is 1. The normalized spacial score (nSPS) is 35.6. The molecule has 1 atom stereocenters. The molecule has 2 aliphatic heterocycles. The first-order valence-electron chi connectivity index (χ1n) is 5.67. The number of hydrogen-bond donors (Lipinski definition) is 0. The van der Waals surface area contributed by atoms with Gasteiger partial charge in [-0.15, -0.1) is 0 Å². The second kappa shape index (κ2) is 3.67. The average Bonchev–Trinajstić information content (AvgIpc) is 2.49. The van der Waals surface area contributed by atoms with E-state index in [1.807, 2.05) is 0 Å². The Kier molecular flexibility index (Phi) is 2.67. The number of piperidine rings is 1. The lowest BCUT2D eigenvalue weighted by molar-refractivity contribution is -0.0667. The predicted molar refractivity (Wildman–Crippen MR) is 58.4 cm³/mol. The molecule has 2 aliphatic rings. The maximum Gasteiger partial charge on any atom is 0.0765 e. The van der Waals surface area contributed by atoms with Gasteiger partial charge in [0.1, 0.15) is 0 Å². The Morgan fingerprint density at radius 2 is 2.07 bits per heavy atom. The average molecular weight is 195 g/mol. The zero-order valence-electron chi connectivity index (χ0n) is 9.55. The van der Waals surface area contributed by atoms with E-state index in [0.717, 1.165) is 0 Å². The molecular formula is C12H21NO. The Labute approximate surface area is 86.9 Å². The summed E-state index contributed by atoms with van der Waals surface area (Å²) in [6, 6.07) is 0. The van der Waals surface area contributed by atoms with Gasteiger partial charge in [0.25, 0.3) is 0 Å². The molecule has 0 radical (unpaired) electrons. The largest absolute Gasteiger partial charge is 0.367 e. The molecule has 0 aromatic heterocycles. The number of ether oxygens (including phenoxy) is 1. The number of hydrogen-bond acceptors (Lipinski definition) is 2. The molecule has 0 aromatic carbocycles. The highest BCUT2D eigenvalue weighted by Crippen LogP contribution is 2.41. The summed E-state index contributed by atoms with van der Waals surface area (Å²) in [4.78, 5) is 2.40. The van der Waals surface area contributed by atoms with Crippen LogP contribution < -0.4 is 0 Å². The van der Waals surface area contributed by atoms with Crippen LogP contribution in [-0.4, -0.2) is 36.7 Å². The zero-order valence-corrected chi connectivity index (χ0v) is 9.55. The molecule has 2 rings (SSSR count). The third kappa shape index (κ3) is 1.73. The fourth-order valence-electron chi connectivity index (χ4n) is 2.67. The highest BCUT2D eigenvalue weighted by atomic mass is 16.5. The first kappa shape index (κ1) is 10.2. The van der Waals surface area contributed by atoms with Gasteiger partial charge >= 0.3 is 0 Å². The summed E-state index contributed by atoms with van der Waals surface area (Å²) >= 11 is 0. The van der Waals surface area contributed by atoms with Crippen molar-refractivity contribution >= 4 is 0 Å². The van der Waals surface area contributed by atoms with E-state index in [2.05, 4.69) is 31.9 Å². The first-order valence-corrected chi connectivity index (χ1v) is 5.67. The summed E-state index contributed by atoms with van der Waals surface area (Å²) in [6.45, 7) is 6.68. The van der Waals surface area contributed by atoms with Crippen molar-refractivity contribution in [3.05, 3.63) is 11.6 Å². The Balaban J connectivity index is 2.06. The summed E-state index contributed by atoms with van der Waals surface area (Å²) in [5.74, 6) is 0. The number of nitrogens with zero attached hydrogens (tertiary/aromatic N) is 1. The van der Waals surface area contributed by atoms with E-state index >= 15 is 0 Å². The van der Waals surface area contributed by atoms with Crippen LogP contribution in [0.25, 0.3) is 0 Å². The summed E-state index contributed by atoms with van der Waals surface area (Å²) in [6.07, 6.45) is 6.15. The van der Waals surface area contributed by atoms with Gasteiger partial charge in [-0.05, 0) is 45.7 Å². The van der Waals surface area contributed by atoms with Crippen LogP contribution in [-0.2, 0) is 4.74 Å². The van der Waals surface area contributed by atoms with Crippen molar-refractivity contribution < 1.29 is 4.74 Å². The second-order valence-electron chi connectivity index (χ2n) is 4.79. The second-order valence-corrected chi connectivity index (χ2v) is 4.79. The van der Waals surface area contributed by atoms with Crippen LogP contribution in [0.1, 0.15) is 33.1 Å². The lowest BCUT2D eigenvalue weighted by Gasteiger charge is -2.37. The van der Waals surface area contributed by atoms with Crippen LogP contribution in [0.4, 0.5) is 0 Å². The summed E-state index contributed by atoms with van der Waals surface area (Å²) in [7, 11) is 2.20. The minimum absolute atomic E-state index is 0.188. The van der Waals surface area contributed by atoms with Crippen LogP contribution in [0.2, 0.25) is 0 Å². The molecule has 14 heavy (non-hydrogen) atoms. The Bertz CT molecular complexity index is 239. The van der Waals surface area contributed by atoms with Crippen LogP contribution in [0.5, 0.6) is 0 Å². The molecule has 2 fully saturated rings. The standard InChI is InChI=1S/C12H21NO/c1-4-11-9-12(14-10(11)2)5-7-13(3)8-6-12/h4,10H,5-9H2,1-3H3/b11-4-. The SMILES string of the molecule is C/C=C1/CC2(CCN(C)CC2)OC1C. The molecule has 2 saturated heterocycles. The van der Waals surface area contributed by atoms with Gasteiger partial charge in [-0.1, -0.05) is 6.08 Å². The predicted octanol–water partition coefficient (Wildman–Crippen LogP) is 2.21. The number of likely N-dealkylation sites (tertiary alicyclic amines) is 1. The van der Waals surface area contributed by atoms with Gasteiger partial charge < -0.3 is 9.64 Å². The maximum atomic E-state index is 6.15. The van der Waals surface area contributed by atoms with E-state index in [9.17, 15) is 0 Å². The van der Waals surface area contributed by atoms with E-state index in [4.69, 9.17) is 4.74 Å². The van der Waals surface area contributed by atoms with Gasteiger partial charge in [-0.25, -0.2) is 0 Å². The summed E-state index contributed by atoms with van der Waals surface area (Å²) < 4.78 is 6.15. The molecule has 0 N–H and O–H groups in total. The molecule has 80 valence electrons. The Morgan fingerprint density at radius 3 is 2.57 bits per heavy atom. The first-order chi connectivity index (χ1) is 6.65. The van der Waals surface area contributed by atoms with Gasteiger partial charge in [0.05, 0.1) is 11.7 Å². The topological polar surface area (TPSA) is 12.5 Å². The van der Waals surface area contributed by atoms with Crippen LogP contribution in [0, 0.1) is 0 Å². The minimum atomic E-state index is 0.188. The third-order valence-electron chi connectivity index (χ3n) is 3.74. The molecule has 2 heteroatoms. The summed E-state index contributed by atoms with van der Waals surface area (Å²) in [5.41, 5.74) is 1.68. The van der Waals surface area contributed by atoms with E-state index in [-0.39, 0.29) is 5.60 Å². The quantitative estimate of drug-likeness (QED) is 0.549. The fraction of sp³-hybridized carbons (Fsp3) is 0.833. The molecule has 0 bridgehead atoms. The van der Waals surface area contributed by atoms with E-state index in [0.29, 0.717) is 6.10 Å². The van der Waals surface area contributed by atoms with Crippen molar-refractivity contribution in [1.82, 2.24) is 4.90 Å². The van der Waals surface area contributed by atoms with Crippen molar-refractivity contribution in [3.63, 3.8) is 0 Å². The third-order valence-corrected chi connectivity index (χ3v) is 3.74. The van der Waals surface area contributed by atoms with Crippen molar-refractivity contribution in [3.8, 4) is 0 Å². The molecule has 2 heterocycles. The van der Waals surface area contributed by atoms with Crippen LogP contribution in [0.3, 0.4) is 0 Å². The van der Waals surface area contributed by atoms with Gasteiger partial charge in [-0.3, -0.25) is 0 Å². The van der Waals surface area contributed by atoms with E-state index in [1.54, 1.807) is 0 Å². The highest BCUT2D eigenvalue weighted by Gasteiger charge is 2.42. The van der Waals surface area contributed by atoms with Crippen molar-refractivity contribution in [1.29, 1.82) is 0 Å². The van der Waals surface area contributed by atoms with E-state index in [1.165, 1.54) is 37.9 Å². The smallest absolute Gasteiger partial charge is 0.0765 e. The molecule has 1 unspecified atom stereocenters. The van der Waals surface area contributed by atoms with Gasteiger partial charge in [-0.2, -0.15) is 0 Å². The van der Waals surface area contributed by atoms with Gasteiger partial charge in [0.2, 0.25) is 0 Å². The Morgan fingerprint density at radius 1 is 1.43 bits per heavy atom. The highest BCUT2D eigenvalue weighted by molar-refractivity contribution is 5.17. The van der Waals surface area contributed by atoms with Crippen molar-refractivity contribution in [2.75, 3.05) is 20.1 Å². The van der Waals surface area contributed by atoms with Crippen LogP contribution in [0.15, 0.2) is 11.6 Å². The van der Waals surface area contributed by atoms with Crippen molar-refractivity contribution in [2.45, 2.75) is 44.8 Å². The minimum Gasteiger partial charge on any atom is -0.367 e. The van der Waals surface area contributed by atoms with Crippen molar-refractivity contribution in [2.24, 2.45) is 0 Å². The molecule has 0 aliphatic carbocycles. The fourth-order valence-corrected chi connectivity index (χ4v) is 2.67. The molecule has 0 saturated carbocycles. The van der Waals surface area contributed by atoms with E-state index < -0.39 is 0 Å².